The molecule has 1 atom stereocenters. The lowest BCUT2D eigenvalue weighted by atomic mass is 10.1. The van der Waals surface area contributed by atoms with E-state index < -0.39 is 17.7 Å². The summed E-state index contributed by atoms with van der Waals surface area (Å²) in [5.41, 5.74) is 3.19. The van der Waals surface area contributed by atoms with Gasteiger partial charge < -0.3 is 5.32 Å². The van der Waals surface area contributed by atoms with Crippen LogP contribution in [0.5, 0.6) is 0 Å². The molecule has 1 aromatic heterocycles. The molecule has 0 fully saturated rings. The first-order valence-electron chi connectivity index (χ1n) is 8.57. The smallest absolute Gasteiger partial charge is 0.230 e. The molecule has 6 nitrogen and oxygen atoms in total. The predicted molar refractivity (Wildman–Crippen MR) is 102 cm³/mol. The van der Waals surface area contributed by atoms with Crippen LogP contribution in [0.25, 0.3) is 5.69 Å². The number of amides is 1. The maximum Gasteiger partial charge on any atom is 0.230 e. The number of tetrazole rings is 1. The Morgan fingerprint density at radius 1 is 1.18 bits per heavy atom. The average molecular weight is 403 g/mol. The van der Waals surface area contributed by atoms with Gasteiger partial charge in [0, 0.05) is 11.6 Å². The molecule has 3 rings (SSSR count). The standard InChI is InChI=1S/C19H19F2N5OS/c1-11-6-12(2)8-15(7-11)26-19(23-24-25-26)28-10-18(27)22-13(3)16-5-4-14(20)9-17(16)21/h4-9,13H,10H2,1-3H3,(H,22,27)/t13-/m1/s1. The van der Waals surface area contributed by atoms with Crippen LogP contribution >= 0.6 is 11.8 Å². The van der Waals surface area contributed by atoms with Crippen LogP contribution in [0, 0.1) is 25.5 Å². The summed E-state index contributed by atoms with van der Waals surface area (Å²) in [6, 6.07) is 8.63. The second-order valence-electron chi connectivity index (χ2n) is 6.46. The van der Waals surface area contributed by atoms with E-state index >= 15 is 0 Å². The maximum atomic E-state index is 13.8. The first-order valence-corrected chi connectivity index (χ1v) is 9.56. The Morgan fingerprint density at radius 2 is 1.89 bits per heavy atom. The van der Waals surface area contributed by atoms with Gasteiger partial charge in [-0.25, -0.2) is 8.78 Å². The Hall–Kier alpha value is -2.81. The minimum atomic E-state index is -0.695. The van der Waals surface area contributed by atoms with Crippen LogP contribution in [0.3, 0.4) is 0 Å². The summed E-state index contributed by atoms with van der Waals surface area (Å²) in [4.78, 5) is 12.2. The Bertz CT molecular complexity index is 987. The van der Waals surface area contributed by atoms with Gasteiger partial charge in [0.2, 0.25) is 11.1 Å². The molecular weight excluding hydrogens is 384 g/mol. The molecule has 146 valence electrons. The van der Waals surface area contributed by atoms with Crippen molar-refractivity contribution in [2.75, 3.05) is 5.75 Å². The molecule has 0 saturated heterocycles. The lowest BCUT2D eigenvalue weighted by Crippen LogP contribution is -2.28. The molecule has 0 aliphatic carbocycles. The number of hydrogen-bond acceptors (Lipinski definition) is 5. The van der Waals surface area contributed by atoms with Crippen LogP contribution in [0.2, 0.25) is 0 Å². The number of carbonyl (C=O) groups excluding carboxylic acids is 1. The first kappa shape index (κ1) is 19.9. The van der Waals surface area contributed by atoms with E-state index in [2.05, 4.69) is 20.8 Å². The Kier molecular flexibility index (Phi) is 6.03. The van der Waals surface area contributed by atoms with Crippen molar-refractivity contribution in [3.05, 3.63) is 64.7 Å². The minimum Gasteiger partial charge on any atom is -0.349 e. The number of halogens is 2. The minimum absolute atomic E-state index is 0.0539. The van der Waals surface area contributed by atoms with Gasteiger partial charge in [0.1, 0.15) is 11.6 Å². The number of nitrogens with zero attached hydrogens (tertiary/aromatic N) is 4. The van der Waals surface area contributed by atoms with Crippen molar-refractivity contribution < 1.29 is 13.6 Å². The number of hydrogen-bond donors (Lipinski definition) is 1. The molecule has 0 spiro atoms. The van der Waals surface area contributed by atoms with E-state index in [4.69, 9.17) is 0 Å². The van der Waals surface area contributed by atoms with Gasteiger partial charge in [-0.05, 0) is 60.5 Å². The summed E-state index contributed by atoms with van der Waals surface area (Å²) in [7, 11) is 0. The summed E-state index contributed by atoms with van der Waals surface area (Å²) in [6.45, 7) is 5.60. The number of rotatable bonds is 6. The highest BCUT2D eigenvalue weighted by atomic mass is 32.2. The van der Waals surface area contributed by atoms with E-state index in [9.17, 15) is 13.6 Å². The maximum absolute atomic E-state index is 13.8. The van der Waals surface area contributed by atoms with E-state index in [1.807, 2.05) is 32.0 Å². The molecule has 1 heterocycles. The molecule has 0 aliphatic rings. The monoisotopic (exact) mass is 403 g/mol. The number of aryl methyl sites for hydroxylation is 2. The highest BCUT2D eigenvalue weighted by Gasteiger charge is 2.16. The van der Waals surface area contributed by atoms with Gasteiger partial charge in [0.25, 0.3) is 0 Å². The zero-order valence-electron chi connectivity index (χ0n) is 15.6. The zero-order valence-corrected chi connectivity index (χ0v) is 16.4. The third-order valence-electron chi connectivity index (χ3n) is 4.03. The van der Waals surface area contributed by atoms with Gasteiger partial charge in [-0.3, -0.25) is 4.79 Å². The van der Waals surface area contributed by atoms with Crippen LogP contribution in [0.1, 0.15) is 29.7 Å². The molecule has 0 radical (unpaired) electrons. The van der Waals surface area contributed by atoms with Crippen molar-refractivity contribution in [2.45, 2.75) is 32.0 Å². The van der Waals surface area contributed by atoms with Gasteiger partial charge in [-0.15, -0.1) is 5.10 Å². The summed E-state index contributed by atoms with van der Waals surface area (Å²) >= 11 is 1.17. The van der Waals surface area contributed by atoms with E-state index in [0.717, 1.165) is 28.9 Å². The summed E-state index contributed by atoms with van der Waals surface area (Å²) < 4.78 is 28.4. The van der Waals surface area contributed by atoms with Crippen molar-refractivity contribution in [3.63, 3.8) is 0 Å². The molecular formula is C19H19F2N5OS. The van der Waals surface area contributed by atoms with E-state index in [0.29, 0.717) is 5.16 Å². The van der Waals surface area contributed by atoms with Gasteiger partial charge in [0.15, 0.2) is 0 Å². The van der Waals surface area contributed by atoms with Gasteiger partial charge in [-0.1, -0.05) is 23.9 Å². The highest BCUT2D eigenvalue weighted by molar-refractivity contribution is 7.99. The molecule has 2 aromatic carbocycles. The van der Waals surface area contributed by atoms with E-state index in [1.165, 1.54) is 17.8 Å². The molecule has 3 aromatic rings. The van der Waals surface area contributed by atoms with Crippen molar-refractivity contribution in [3.8, 4) is 5.69 Å². The van der Waals surface area contributed by atoms with Crippen molar-refractivity contribution in [1.82, 2.24) is 25.5 Å². The normalized spacial score (nSPS) is 12.0. The summed E-state index contributed by atoms with van der Waals surface area (Å²) in [5.74, 6) is -1.61. The number of nitrogens with one attached hydrogen (secondary N) is 1. The van der Waals surface area contributed by atoms with Crippen LogP contribution in [0.4, 0.5) is 8.78 Å². The number of thioether (sulfide) groups is 1. The van der Waals surface area contributed by atoms with Crippen LogP contribution in [-0.2, 0) is 4.79 Å². The molecule has 0 aliphatic heterocycles. The zero-order chi connectivity index (χ0) is 20.3. The number of carbonyl (C=O) groups is 1. The molecule has 0 saturated carbocycles. The second-order valence-corrected chi connectivity index (χ2v) is 7.41. The van der Waals surface area contributed by atoms with Crippen LogP contribution < -0.4 is 5.32 Å². The summed E-state index contributed by atoms with van der Waals surface area (Å²) in [5, 5.41) is 14.8. The molecule has 28 heavy (non-hydrogen) atoms. The third kappa shape index (κ3) is 4.72. The van der Waals surface area contributed by atoms with Crippen molar-refractivity contribution in [1.29, 1.82) is 0 Å². The fourth-order valence-corrected chi connectivity index (χ4v) is 3.55. The molecule has 0 bridgehead atoms. The quantitative estimate of drug-likeness (QED) is 0.638. The van der Waals surface area contributed by atoms with Crippen molar-refractivity contribution >= 4 is 17.7 Å². The van der Waals surface area contributed by atoms with Crippen molar-refractivity contribution in [2.24, 2.45) is 0 Å². The average Bonchev–Trinajstić information content (AvgIpc) is 3.07. The summed E-state index contributed by atoms with van der Waals surface area (Å²) in [6.07, 6.45) is 0. The lowest BCUT2D eigenvalue weighted by molar-refractivity contribution is -0.119. The Labute approximate surface area is 165 Å². The SMILES string of the molecule is Cc1cc(C)cc(-n2nnnc2SCC(=O)N[C@H](C)c2ccc(F)cc2F)c1. The van der Waals surface area contributed by atoms with Crippen LogP contribution in [0.15, 0.2) is 41.6 Å². The number of aromatic nitrogens is 4. The number of benzene rings is 2. The molecule has 9 heteroatoms. The Balaban J connectivity index is 1.65. The van der Waals surface area contributed by atoms with Gasteiger partial charge in [-0.2, -0.15) is 4.68 Å². The van der Waals surface area contributed by atoms with Gasteiger partial charge >= 0.3 is 0 Å². The largest absolute Gasteiger partial charge is 0.349 e. The lowest BCUT2D eigenvalue weighted by Gasteiger charge is -2.15. The first-order chi connectivity index (χ1) is 13.3. The predicted octanol–water partition coefficient (Wildman–Crippen LogP) is 3.53. The van der Waals surface area contributed by atoms with Gasteiger partial charge in [0.05, 0.1) is 17.5 Å². The molecule has 1 amide bonds. The van der Waals surface area contributed by atoms with E-state index in [-0.39, 0.29) is 17.2 Å². The second kappa shape index (κ2) is 8.47. The van der Waals surface area contributed by atoms with E-state index in [1.54, 1.807) is 11.6 Å². The fourth-order valence-electron chi connectivity index (χ4n) is 2.85. The fraction of sp³-hybridized carbons (Fsp3) is 0.263. The third-order valence-corrected chi connectivity index (χ3v) is 4.95. The highest BCUT2D eigenvalue weighted by Crippen LogP contribution is 2.21. The topological polar surface area (TPSA) is 72.7 Å². The Morgan fingerprint density at radius 3 is 2.57 bits per heavy atom. The molecule has 0 unspecified atom stereocenters. The van der Waals surface area contributed by atoms with Crippen LogP contribution in [-0.4, -0.2) is 31.9 Å². The molecule has 1 N–H and O–H groups in total.